The Morgan fingerprint density at radius 1 is 1.33 bits per heavy atom. The van der Waals surface area contributed by atoms with Gasteiger partial charge in [-0.15, -0.1) is 0 Å². The van der Waals surface area contributed by atoms with Crippen LogP contribution in [0.15, 0.2) is 16.5 Å². The van der Waals surface area contributed by atoms with Crippen LogP contribution in [0.4, 0.5) is 0 Å². The molecule has 0 spiro atoms. The second-order valence-electron chi connectivity index (χ2n) is 4.20. The minimum absolute atomic E-state index is 0.773. The topological polar surface area (TPSA) is 34.4 Å². The molecule has 1 aliphatic heterocycles. The van der Waals surface area contributed by atoms with Gasteiger partial charge in [0.2, 0.25) is 0 Å². The molecule has 0 radical (unpaired) electrons. The van der Waals surface area contributed by atoms with Crippen LogP contribution in [0.2, 0.25) is 0 Å². The van der Waals surface area contributed by atoms with E-state index in [0.29, 0.717) is 0 Å². The zero-order valence-electron chi connectivity index (χ0n) is 9.29. The van der Waals surface area contributed by atoms with Crippen LogP contribution in [0.1, 0.15) is 24.4 Å². The van der Waals surface area contributed by atoms with Crippen molar-refractivity contribution in [2.45, 2.75) is 26.3 Å². The zero-order chi connectivity index (χ0) is 10.5. The highest BCUT2D eigenvalue weighted by Gasteiger charge is 2.12. The Bertz CT molecular complexity index is 290. The van der Waals surface area contributed by atoms with Gasteiger partial charge in [0.1, 0.15) is 11.5 Å². The second kappa shape index (κ2) is 5.33. The van der Waals surface area contributed by atoms with Crippen molar-refractivity contribution in [2.75, 3.05) is 19.8 Å². The molecule has 0 aliphatic carbocycles. The molecule has 2 heterocycles. The summed E-state index contributed by atoms with van der Waals surface area (Å²) < 4.78 is 10.8. The van der Waals surface area contributed by atoms with Crippen molar-refractivity contribution in [2.24, 2.45) is 5.92 Å². The first-order chi connectivity index (χ1) is 7.34. The summed E-state index contributed by atoms with van der Waals surface area (Å²) >= 11 is 0. The highest BCUT2D eigenvalue weighted by atomic mass is 16.5. The van der Waals surface area contributed by atoms with Crippen molar-refractivity contribution >= 4 is 0 Å². The van der Waals surface area contributed by atoms with Crippen LogP contribution >= 0.6 is 0 Å². The van der Waals surface area contributed by atoms with Gasteiger partial charge >= 0.3 is 0 Å². The summed E-state index contributed by atoms with van der Waals surface area (Å²) in [4.78, 5) is 0. The number of nitrogens with one attached hydrogen (secondary N) is 1. The van der Waals surface area contributed by atoms with E-state index >= 15 is 0 Å². The Balaban J connectivity index is 1.65. The molecule has 0 bridgehead atoms. The van der Waals surface area contributed by atoms with Crippen molar-refractivity contribution in [3.8, 4) is 0 Å². The smallest absolute Gasteiger partial charge is 0.117 e. The lowest BCUT2D eigenvalue weighted by Crippen LogP contribution is -2.27. The van der Waals surface area contributed by atoms with Gasteiger partial charge in [-0.25, -0.2) is 0 Å². The van der Waals surface area contributed by atoms with Crippen LogP contribution in [0.3, 0.4) is 0 Å². The summed E-state index contributed by atoms with van der Waals surface area (Å²) in [5, 5.41) is 3.44. The molecule has 15 heavy (non-hydrogen) atoms. The van der Waals surface area contributed by atoms with Crippen LogP contribution in [-0.2, 0) is 11.3 Å². The second-order valence-corrected chi connectivity index (χ2v) is 4.20. The van der Waals surface area contributed by atoms with Gasteiger partial charge in [-0.1, -0.05) is 0 Å². The average Bonchev–Trinajstić information content (AvgIpc) is 2.66. The molecule has 3 heteroatoms. The van der Waals surface area contributed by atoms with Gasteiger partial charge in [0, 0.05) is 13.2 Å². The van der Waals surface area contributed by atoms with Gasteiger partial charge in [0.15, 0.2) is 0 Å². The molecule has 84 valence electrons. The molecule has 0 atom stereocenters. The lowest BCUT2D eigenvalue weighted by molar-refractivity contribution is 0.0661. The third kappa shape index (κ3) is 3.36. The van der Waals surface area contributed by atoms with E-state index in [4.69, 9.17) is 9.15 Å². The number of aryl methyl sites for hydroxylation is 1. The van der Waals surface area contributed by atoms with Gasteiger partial charge < -0.3 is 14.5 Å². The van der Waals surface area contributed by atoms with Crippen molar-refractivity contribution in [1.82, 2.24) is 5.32 Å². The molecule has 1 aromatic rings. The summed E-state index contributed by atoms with van der Waals surface area (Å²) in [7, 11) is 0. The summed E-state index contributed by atoms with van der Waals surface area (Å²) in [5.41, 5.74) is 0. The Hall–Kier alpha value is -0.800. The van der Waals surface area contributed by atoms with Gasteiger partial charge in [0.05, 0.1) is 6.54 Å². The fourth-order valence-corrected chi connectivity index (χ4v) is 1.93. The molecule has 1 N–H and O–H groups in total. The zero-order valence-corrected chi connectivity index (χ0v) is 9.29. The summed E-state index contributed by atoms with van der Waals surface area (Å²) in [6, 6.07) is 4.04. The summed E-state index contributed by atoms with van der Waals surface area (Å²) in [6.45, 7) is 5.73. The van der Waals surface area contributed by atoms with E-state index < -0.39 is 0 Å². The van der Waals surface area contributed by atoms with Crippen molar-refractivity contribution in [3.05, 3.63) is 23.7 Å². The maximum absolute atomic E-state index is 5.49. The predicted molar refractivity (Wildman–Crippen MR) is 58.7 cm³/mol. The van der Waals surface area contributed by atoms with Gasteiger partial charge in [0.25, 0.3) is 0 Å². The predicted octanol–water partition coefficient (Wildman–Crippen LogP) is 2.10. The standard InChI is InChI=1S/C12H19NO2/c1-10-2-3-12(15-10)9-13-8-11-4-6-14-7-5-11/h2-3,11,13H,4-9H2,1H3. The van der Waals surface area contributed by atoms with Crippen molar-refractivity contribution in [3.63, 3.8) is 0 Å². The third-order valence-corrected chi connectivity index (χ3v) is 2.87. The van der Waals surface area contributed by atoms with E-state index in [1.54, 1.807) is 0 Å². The highest BCUT2D eigenvalue weighted by molar-refractivity contribution is 5.05. The normalized spacial score (nSPS) is 18.2. The van der Waals surface area contributed by atoms with Gasteiger partial charge in [-0.05, 0) is 44.4 Å². The van der Waals surface area contributed by atoms with E-state index in [1.165, 1.54) is 12.8 Å². The maximum Gasteiger partial charge on any atom is 0.117 e. The minimum atomic E-state index is 0.773. The lowest BCUT2D eigenvalue weighted by atomic mass is 10.0. The highest BCUT2D eigenvalue weighted by Crippen LogP contribution is 2.13. The fraction of sp³-hybridized carbons (Fsp3) is 0.667. The Kier molecular flexibility index (Phi) is 3.80. The Morgan fingerprint density at radius 3 is 2.80 bits per heavy atom. The van der Waals surface area contributed by atoms with E-state index in [9.17, 15) is 0 Å². The minimum Gasteiger partial charge on any atom is -0.465 e. The fourth-order valence-electron chi connectivity index (χ4n) is 1.93. The number of hydrogen-bond acceptors (Lipinski definition) is 3. The molecular formula is C12H19NO2. The number of hydrogen-bond donors (Lipinski definition) is 1. The Labute approximate surface area is 90.8 Å². The molecule has 1 fully saturated rings. The van der Waals surface area contributed by atoms with Crippen LogP contribution in [0.25, 0.3) is 0 Å². The molecule has 1 saturated heterocycles. The SMILES string of the molecule is Cc1ccc(CNCC2CCOCC2)o1. The molecular weight excluding hydrogens is 190 g/mol. The van der Waals surface area contributed by atoms with E-state index in [1.807, 2.05) is 19.1 Å². The van der Waals surface area contributed by atoms with E-state index in [0.717, 1.165) is 43.7 Å². The van der Waals surface area contributed by atoms with Crippen molar-refractivity contribution < 1.29 is 9.15 Å². The number of furan rings is 1. The third-order valence-electron chi connectivity index (χ3n) is 2.87. The van der Waals surface area contributed by atoms with E-state index in [-0.39, 0.29) is 0 Å². The average molecular weight is 209 g/mol. The van der Waals surface area contributed by atoms with Crippen molar-refractivity contribution in [1.29, 1.82) is 0 Å². The molecule has 0 unspecified atom stereocenters. The molecule has 0 aromatic carbocycles. The van der Waals surface area contributed by atoms with Gasteiger partial charge in [-0.3, -0.25) is 0 Å². The lowest BCUT2D eigenvalue weighted by Gasteiger charge is -2.21. The molecule has 1 aliphatic rings. The summed E-state index contributed by atoms with van der Waals surface area (Å²) in [6.07, 6.45) is 2.37. The van der Waals surface area contributed by atoms with Crippen LogP contribution in [0.5, 0.6) is 0 Å². The number of ether oxygens (including phenoxy) is 1. The van der Waals surface area contributed by atoms with E-state index in [2.05, 4.69) is 5.32 Å². The van der Waals surface area contributed by atoms with Gasteiger partial charge in [-0.2, -0.15) is 0 Å². The quantitative estimate of drug-likeness (QED) is 0.824. The first kappa shape index (κ1) is 10.7. The maximum atomic E-state index is 5.49. The molecule has 0 saturated carbocycles. The first-order valence-electron chi connectivity index (χ1n) is 5.68. The van der Waals surface area contributed by atoms with Crippen LogP contribution < -0.4 is 5.32 Å². The monoisotopic (exact) mass is 209 g/mol. The van der Waals surface area contributed by atoms with Crippen LogP contribution in [0, 0.1) is 12.8 Å². The molecule has 2 rings (SSSR count). The molecule has 3 nitrogen and oxygen atoms in total. The molecule has 1 aromatic heterocycles. The number of rotatable bonds is 4. The Morgan fingerprint density at radius 2 is 2.13 bits per heavy atom. The molecule has 0 amide bonds. The first-order valence-corrected chi connectivity index (χ1v) is 5.68. The largest absolute Gasteiger partial charge is 0.465 e. The summed E-state index contributed by atoms with van der Waals surface area (Å²) in [5.74, 6) is 2.78. The van der Waals surface area contributed by atoms with Crippen LogP contribution in [-0.4, -0.2) is 19.8 Å².